The third-order valence-corrected chi connectivity index (χ3v) is 2.00. The van der Waals surface area contributed by atoms with Crippen LogP contribution < -0.4 is 5.32 Å². The van der Waals surface area contributed by atoms with Crippen molar-refractivity contribution in [3.8, 4) is 0 Å². The van der Waals surface area contributed by atoms with Crippen molar-refractivity contribution in [1.82, 2.24) is 0 Å². The molecule has 18 heavy (non-hydrogen) atoms. The molecule has 1 N–H and O–H groups in total. The van der Waals surface area contributed by atoms with Crippen LogP contribution in [0.15, 0.2) is 23.2 Å². The molecule has 0 aliphatic carbocycles. The van der Waals surface area contributed by atoms with Crippen LogP contribution in [0.1, 0.15) is 20.8 Å². The van der Waals surface area contributed by atoms with Crippen LogP contribution in [0.5, 0.6) is 0 Å². The first-order valence-electron chi connectivity index (χ1n) is 5.19. The summed E-state index contributed by atoms with van der Waals surface area (Å²) in [5.41, 5.74) is -0.0507. The van der Waals surface area contributed by atoms with Gasteiger partial charge >= 0.3 is 6.09 Å². The third-order valence-electron chi connectivity index (χ3n) is 1.76. The Hall–Kier alpha value is -1.84. The molecule has 0 spiro atoms. The van der Waals surface area contributed by atoms with Crippen molar-refractivity contribution in [2.24, 2.45) is 4.99 Å². The second kappa shape index (κ2) is 5.67. The van der Waals surface area contributed by atoms with E-state index in [0.29, 0.717) is 10.7 Å². The first-order valence-corrected chi connectivity index (χ1v) is 5.57. The van der Waals surface area contributed by atoms with Crippen LogP contribution in [-0.4, -0.2) is 17.8 Å². The number of halogens is 1. The summed E-state index contributed by atoms with van der Waals surface area (Å²) in [5, 5.41) is 2.89. The molecule has 0 bridgehead atoms. The molecule has 0 heterocycles. The molecule has 1 aromatic rings. The molecule has 0 aliphatic rings. The number of amides is 1. The van der Waals surface area contributed by atoms with Gasteiger partial charge in [0.1, 0.15) is 11.3 Å². The average Bonchev–Trinajstić information content (AvgIpc) is 2.20. The van der Waals surface area contributed by atoms with Crippen LogP contribution in [0, 0.1) is 0 Å². The van der Waals surface area contributed by atoms with Gasteiger partial charge in [0.15, 0.2) is 0 Å². The summed E-state index contributed by atoms with van der Waals surface area (Å²) in [6, 6.07) is 4.54. The van der Waals surface area contributed by atoms with E-state index in [9.17, 15) is 9.59 Å². The van der Waals surface area contributed by atoms with Gasteiger partial charge in [-0.05, 0) is 39.0 Å². The molecule has 1 amide bonds. The highest BCUT2D eigenvalue weighted by Crippen LogP contribution is 2.28. The largest absolute Gasteiger partial charge is 0.444 e. The monoisotopic (exact) mass is 268 g/mol. The normalized spacial score (nSPS) is 10.4. The first kappa shape index (κ1) is 14.2. The highest BCUT2D eigenvalue weighted by Gasteiger charge is 2.17. The minimum atomic E-state index is -0.632. The SMILES string of the molecule is CC(C)(C)OC(=O)Nc1ccc(Cl)cc1N=C=O. The van der Waals surface area contributed by atoms with Crippen molar-refractivity contribution >= 4 is 35.1 Å². The van der Waals surface area contributed by atoms with Crippen molar-refractivity contribution < 1.29 is 14.3 Å². The molecule has 6 heteroatoms. The Morgan fingerprint density at radius 2 is 2.11 bits per heavy atom. The zero-order chi connectivity index (χ0) is 13.8. The van der Waals surface area contributed by atoms with Crippen molar-refractivity contribution in [2.75, 3.05) is 5.32 Å². The maximum atomic E-state index is 11.6. The number of carbonyl (C=O) groups is 1. The second-order valence-electron chi connectivity index (χ2n) is 4.49. The maximum absolute atomic E-state index is 11.6. The number of nitrogens with one attached hydrogen (secondary N) is 1. The first-order chi connectivity index (χ1) is 8.31. The molecule has 1 rings (SSSR count). The van der Waals surface area contributed by atoms with E-state index in [4.69, 9.17) is 16.3 Å². The Morgan fingerprint density at radius 3 is 2.67 bits per heavy atom. The van der Waals surface area contributed by atoms with Gasteiger partial charge < -0.3 is 4.74 Å². The summed E-state index contributed by atoms with van der Waals surface area (Å²) in [7, 11) is 0. The topological polar surface area (TPSA) is 67.8 Å². The molecule has 0 atom stereocenters. The lowest BCUT2D eigenvalue weighted by atomic mass is 10.2. The van der Waals surface area contributed by atoms with Gasteiger partial charge in [0.2, 0.25) is 6.08 Å². The van der Waals surface area contributed by atoms with Gasteiger partial charge in [-0.25, -0.2) is 9.59 Å². The van der Waals surface area contributed by atoms with Crippen molar-refractivity contribution in [2.45, 2.75) is 26.4 Å². The molecule has 1 aromatic carbocycles. The van der Waals surface area contributed by atoms with E-state index >= 15 is 0 Å². The van der Waals surface area contributed by atoms with E-state index in [1.54, 1.807) is 26.8 Å². The van der Waals surface area contributed by atoms with Gasteiger partial charge in [0.25, 0.3) is 0 Å². The molecule has 0 unspecified atom stereocenters. The predicted octanol–water partition coefficient (Wildman–Crippen LogP) is 3.65. The van der Waals surface area contributed by atoms with Crippen molar-refractivity contribution in [1.29, 1.82) is 0 Å². The molecule has 96 valence electrons. The Kier molecular flexibility index (Phi) is 4.48. The van der Waals surface area contributed by atoms with Gasteiger partial charge in [-0.3, -0.25) is 5.32 Å². The van der Waals surface area contributed by atoms with E-state index in [-0.39, 0.29) is 5.69 Å². The lowest BCUT2D eigenvalue weighted by molar-refractivity contribution is 0.0636. The number of carbonyl (C=O) groups excluding carboxylic acids is 2. The second-order valence-corrected chi connectivity index (χ2v) is 4.93. The Labute approximate surface area is 110 Å². The van der Waals surface area contributed by atoms with E-state index in [0.717, 1.165) is 0 Å². The molecule has 0 saturated heterocycles. The maximum Gasteiger partial charge on any atom is 0.412 e. The van der Waals surface area contributed by atoms with E-state index < -0.39 is 11.7 Å². The standard InChI is InChI=1S/C12H13ClN2O3/c1-12(2,3)18-11(17)15-9-5-4-8(13)6-10(9)14-7-16/h4-6H,1-3H3,(H,15,17). The number of hydrogen-bond donors (Lipinski definition) is 1. The van der Waals surface area contributed by atoms with E-state index in [2.05, 4.69) is 10.3 Å². The highest BCUT2D eigenvalue weighted by atomic mass is 35.5. The highest BCUT2D eigenvalue weighted by molar-refractivity contribution is 6.31. The summed E-state index contributed by atoms with van der Waals surface area (Å²) in [4.78, 5) is 25.3. The third kappa shape index (κ3) is 4.57. The Balaban J connectivity index is 2.90. The van der Waals surface area contributed by atoms with E-state index in [1.807, 2.05) is 0 Å². The van der Waals surface area contributed by atoms with Crippen molar-refractivity contribution in [3.05, 3.63) is 23.2 Å². The molecule has 0 saturated carbocycles. The summed E-state index contributed by atoms with van der Waals surface area (Å²) in [5.74, 6) is 0. The number of benzene rings is 1. The van der Waals surface area contributed by atoms with Crippen LogP contribution in [0.2, 0.25) is 5.02 Å². The quantitative estimate of drug-likeness (QED) is 0.657. The lowest BCUT2D eigenvalue weighted by Crippen LogP contribution is -2.27. The van der Waals surface area contributed by atoms with Crippen LogP contribution in [0.3, 0.4) is 0 Å². The number of isocyanates is 1. The fourth-order valence-electron chi connectivity index (χ4n) is 1.17. The fourth-order valence-corrected chi connectivity index (χ4v) is 1.33. The molecular formula is C12H13ClN2O3. The number of nitrogens with zero attached hydrogens (tertiary/aromatic N) is 1. The van der Waals surface area contributed by atoms with Gasteiger partial charge in [0, 0.05) is 5.02 Å². The number of aliphatic imine (C=N–C) groups is 1. The molecular weight excluding hydrogens is 256 g/mol. The van der Waals surface area contributed by atoms with Crippen LogP contribution in [-0.2, 0) is 9.53 Å². The van der Waals surface area contributed by atoms with Crippen LogP contribution in [0.4, 0.5) is 16.2 Å². The van der Waals surface area contributed by atoms with Gasteiger partial charge in [-0.2, -0.15) is 4.99 Å². The molecule has 0 fully saturated rings. The van der Waals surface area contributed by atoms with Gasteiger partial charge in [-0.1, -0.05) is 11.6 Å². The number of anilines is 1. The molecule has 0 aliphatic heterocycles. The minimum Gasteiger partial charge on any atom is -0.444 e. The number of ether oxygens (including phenoxy) is 1. The van der Waals surface area contributed by atoms with Crippen LogP contribution >= 0.6 is 11.6 Å². The van der Waals surface area contributed by atoms with Crippen LogP contribution in [0.25, 0.3) is 0 Å². The minimum absolute atomic E-state index is 0.225. The summed E-state index contributed by atoms with van der Waals surface area (Å²) < 4.78 is 5.08. The lowest BCUT2D eigenvalue weighted by Gasteiger charge is -2.20. The number of hydrogen-bond acceptors (Lipinski definition) is 4. The molecule has 5 nitrogen and oxygen atoms in total. The zero-order valence-corrected chi connectivity index (χ0v) is 11.0. The van der Waals surface area contributed by atoms with Gasteiger partial charge in [0.05, 0.1) is 5.69 Å². The summed E-state index contributed by atoms with van der Waals surface area (Å²) in [6.07, 6.45) is 0.765. The Bertz CT molecular complexity index is 503. The fraction of sp³-hybridized carbons (Fsp3) is 0.333. The van der Waals surface area contributed by atoms with E-state index in [1.165, 1.54) is 18.2 Å². The average molecular weight is 269 g/mol. The van der Waals surface area contributed by atoms with Gasteiger partial charge in [-0.15, -0.1) is 0 Å². The molecule has 0 aromatic heterocycles. The van der Waals surface area contributed by atoms with Crippen molar-refractivity contribution in [3.63, 3.8) is 0 Å². The Morgan fingerprint density at radius 1 is 1.44 bits per heavy atom. The molecule has 0 radical (unpaired) electrons. The summed E-state index contributed by atoms with van der Waals surface area (Å²) >= 11 is 5.76. The number of rotatable bonds is 2. The summed E-state index contributed by atoms with van der Waals surface area (Å²) in [6.45, 7) is 5.25. The predicted molar refractivity (Wildman–Crippen MR) is 69.1 cm³/mol. The smallest absolute Gasteiger partial charge is 0.412 e. The zero-order valence-electron chi connectivity index (χ0n) is 10.3.